The molecule has 1 aromatic carbocycles. The molecular weight excluding hydrogens is 294 g/mol. The minimum absolute atomic E-state index is 0.0230. The lowest BCUT2D eigenvalue weighted by Gasteiger charge is -2.17. The molecule has 116 valence electrons. The molecule has 1 amide bonds. The molecule has 0 aromatic heterocycles. The van der Waals surface area contributed by atoms with Crippen molar-refractivity contribution >= 4 is 23.5 Å². The summed E-state index contributed by atoms with van der Waals surface area (Å²) in [6, 6.07) is 7.23. The maximum atomic E-state index is 11.7. The second-order valence-electron chi connectivity index (χ2n) is 4.70. The van der Waals surface area contributed by atoms with Crippen molar-refractivity contribution in [2.24, 2.45) is 0 Å². The van der Waals surface area contributed by atoms with Crippen molar-refractivity contribution in [3.63, 3.8) is 0 Å². The smallest absolute Gasteiger partial charge is 0.303 e. The van der Waals surface area contributed by atoms with E-state index in [0.29, 0.717) is 36.8 Å². The van der Waals surface area contributed by atoms with Crippen LogP contribution < -0.4 is 4.74 Å². The Kier molecular flexibility index (Phi) is 7.61. The molecule has 0 unspecified atom stereocenters. The largest absolute Gasteiger partial charge is 0.492 e. The van der Waals surface area contributed by atoms with E-state index in [1.807, 2.05) is 12.1 Å². The molecule has 0 fully saturated rings. The van der Waals surface area contributed by atoms with E-state index in [2.05, 4.69) is 0 Å². The van der Waals surface area contributed by atoms with Crippen molar-refractivity contribution in [2.45, 2.75) is 25.7 Å². The number of benzene rings is 1. The molecule has 1 rings (SSSR count). The number of para-hydroxylation sites is 1. The summed E-state index contributed by atoms with van der Waals surface area (Å²) in [5, 5.41) is 9.08. The van der Waals surface area contributed by atoms with Gasteiger partial charge in [-0.3, -0.25) is 9.59 Å². The monoisotopic (exact) mass is 313 g/mol. The van der Waals surface area contributed by atoms with E-state index in [1.165, 1.54) is 0 Å². The summed E-state index contributed by atoms with van der Waals surface area (Å²) in [4.78, 5) is 23.7. The molecule has 5 nitrogen and oxygen atoms in total. The highest BCUT2D eigenvalue weighted by Crippen LogP contribution is 2.23. The fourth-order valence-electron chi connectivity index (χ4n) is 1.75. The highest BCUT2D eigenvalue weighted by molar-refractivity contribution is 6.32. The number of nitrogens with zero attached hydrogens (tertiary/aromatic N) is 1. The first kappa shape index (κ1) is 17.3. The van der Waals surface area contributed by atoms with Crippen LogP contribution in [0.5, 0.6) is 5.75 Å². The molecule has 0 aliphatic carbocycles. The summed E-state index contributed by atoms with van der Waals surface area (Å²) in [6.45, 7) is 1.03. The number of carbonyl (C=O) groups is 2. The number of amides is 1. The van der Waals surface area contributed by atoms with E-state index < -0.39 is 5.97 Å². The van der Waals surface area contributed by atoms with Gasteiger partial charge in [0.2, 0.25) is 5.91 Å². The van der Waals surface area contributed by atoms with Crippen LogP contribution in [0, 0.1) is 0 Å². The lowest BCUT2D eigenvalue weighted by Crippen LogP contribution is -2.28. The number of hydrogen-bond donors (Lipinski definition) is 1. The van der Waals surface area contributed by atoms with Crippen molar-refractivity contribution in [2.75, 3.05) is 20.2 Å². The topological polar surface area (TPSA) is 66.8 Å². The summed E-state index contributed by atoms with van der Waals surface area (Å²) >= 11 is 5.96. The van der Waals surface area contributed by atoms with E-state index in [9.17, 15) is 9.59 Å². The predicted octanol–water partition coefficient (Wildman–Crippen LogP) is 2.82. The van der Waals surface area contributed by atoms with Crippen molar-refractivity contribution in [1.29, 1.82) is 0 Å². The molecule has 0 saturated heterocycles. The van der Waals surface area contributed by atoms with Crippen LogP contribution in [0.1, 0.15) is 25.7 Å². The van der Waals surface area contributed by atoms with Gasteiger partial charge in [-0.15, -0.1) is 0 Å². The summed E-state index contributed by atoms with van der Waals surface area (Å²) in [5.41, 5.74) is 0. The number of ether oxygens (including phenoxy) is 1. The average molecular weight is 314 g/mol. The van der Waals surface area contributed by atoms with Crippen molar-refractivity contribution in [1.82, 2.24) is 4.90 Å². The summed E-state index contributed by atoms with van der Waals surface area (Å²) < 4.78 is 5.53. The van der Waals surface area contributed by atoms with Crippen LogP contribution in [-0.2, 0) is 9.59 Å². The number of hydrogen-bond acceptors (Lipinski definition) is 3. The SMILES string of the molecule is CN(CCCOc1ccccc1Cl)C(=O)CCCC(=O)O. The van der Waals surface area contributed by atoms with Crippen molar-refractivity contribution in [3.8, 4) is 5.75 Å². The van der Waals surface area contributed by atoms with E-state index in [1.54, 1.807) is 24.1 Å². The molecule has 0 heterocycles. The Morgan fingerprint density at radius 3 is 2.62 bits per heavy atom. The first-order chi connectivity index (χ1) is 10.0. The minimum Gasteiger partial charge on any atom is -0.492 e. The molecule has 1 aromatic rings. The van der Waals surface area contributed by atoms with Gasteiger partial charge in [-0.25, -0.2) is 0 Å². The third kappa shape index (κ3) is 6.99. The zero-order valence-corrected chi connectivity index (χ0v) is 12.8. The van der Waals surface area contributed by atoms with Crippen molar-refractivity contribution < 1.29 is 19.4 Å². The van der Waals surface area contributed by atoms with E-state index >= 15 is 0 Å². The standard InChI is InChI=1S/C15H20ClNO4/c1-17(14(18)8-4-9-15(19)20)10-5-11-21-13-7-3-2-6-12(13)16/h2-3,6-7H,4-5,8-11H2,1H3,(H,19,20). The molecule has 0 atom stereocenters. The van der Waals surface area contributed by atoms with Gasteiger partial charge in [-0.05, 0) is 25.0 Å². The van der Waals surface area contributed by atoms with E-state index in [-0.39, 0.29) is 18.7 Å². The van der Waals surface area contributed by atoms with E-state index in [4.69, 9.17) is 21.4 Å². The Morgan fingerprint density at radius 2 is 1.95 bits per heavy atom. The molecule has 21 heavy (non-hydrogen) atoms. The van der Waals surface area contributed by atoms with Crippen LogP contribution in [0.25, 0.3) is 0 Å². The van der Waals surface area contributed by atoms with Crippen LogP contribution in [-0.4, -0.2) is 42.1 Å². The maximum Gasteiger partial charge on any atom is 0.303 e. The van der Waals surface area contributed by atoms with Crippen LogP contribution in [0.3, 0.4) is 0 Å². The average Bonchev–Trinajstić information content (AvgIpc) is 2.44. The van der Waals surface area contributed by atoms with Crippen LogP contribution in [0.4, 0.5) is 0 Å². The molecule has 0 bridgehead atoms. The molecule has 1 N–H and O–H groups in total. The van der Waals surface area contributed by atoms with Gasteiger partial charge in [-0.2, -0.15) is 0 Å². The van der Waals surface area contributed by atoms with Gasteiger partial charge in [0.15, 0.2) is 0 Å². The number of carboxylic acids is 1. The van der Waals surface area contributed by atoms with Crippen LogP contribution >= 0.6 is 11.6 Å². The Bertz CT molecular complexity index is 478. The molecule has 0 spiro atoms. The van der Waals surface area contributed by atoms with Gasteiger partial charge in [0.25, 0.3) is 0 Å². The van der Waals surface area contributed by atoms with Gasteiger partial charge in [0, 0.05) is 26.4 Å². The lowest BCUT2D eigenvalue weighted by molar-refractivity contribution is -0.137. The van der Waals surface area contributed by atoms with Gasteiger partial charge >= 0.3 is 5.97 Å². The number of carboxylic acid groups (broad SMARTS) is 1. The number of aliphatic carboxylic acids is 1. The Balaban J connectivity index is 2.18. The highest BCUT2D eigenvalue weighted by atomic mass is 35.5. The van der Waals surface area contributed by atoms with Gasteiger partial charge in [-0.1, -0.05) is 23.7 Å². The van der Waals surface area contributed by atoms with Gasteiger partial charge in [0.1, 0.15) is 5.75 Å². The van der Waals surface area contributed by atoms with E-state index in [0.717, 1.165) is 0 Å². The molecule has 0 radical (unpaired) electrons. The fourth-order valence-corrected chi connectivity index (χ4v) is 1.94. The quantitative estimate of drug-likeness (QED) is 0.712. The summed E-state index contributed by atoms with van der Waals surface area (Å²) in [5.74, 6) is -0.290. The first-order valence-corrected chi connectivity index (χ1v) is 7.21. The fraction of sp³-hybridized carbons (Fsp3) is 0.467. The predicted molar refractivity (Wildman–Crippen MR) is 80.7 cm³/mol. The Labute approximate surface area is 129 Å². The zero-order chi connectivity index (χ0) is 15.7. The second-order valence-corrected chi connectivity index (χ2v) is 5.10. The second kappa shape index (κ2) is 9.23. The molecule has 0 aliphatic heterocycles. The number of rotatable bonds is 9. The highest BCUT2D eigenvalue weighted by Gasteiger charge is 2.09. The summed E-state index contributed by atoms with van der Waals surface area (Å²) in [7, 11) is 1.71. The number of carbonyl (C=O) groups excluding carboxylic acids is 1. The van der Waals surface area contributed by atoms with Crippen LogP contribution in [0.2, 0.25) is 5.02 Å². The maximum absolute atomic E-state index is 11.7. The molecule has 0 saturated carbocycles. The molecular formula is C15H20ClNO4. The third-order valence-corrected chi connectivity index (χ3v) is 3.25. The van der Waals surface area contributed by atoms with Gasteiger partial charge < -0.3 is 14.7 Å². The van der Waals surface area contributed by atoms with Crippen LogP contribution in [0.15, 0.2) is 24.3 Å². The first-order valence-electron chi connectivity index (χ1n) is 6.84. The number of halogens is 1. The van der Waals surface area contributed by atoms with Gasteiger partial charge in [0.05, 0.1) is 11.6 Å². The lowest BCUT2D eigenvalue weighted by atomic mass is 10.2. The Morgan fingerprint density at radius 1 is 1.24 bits per heavy atom. The zero-order valence-electron chi connectivity index (χ0n) is 12.0. The van der Waals surface area contributed by atoms with Crippen molar-refractivity contribution in [3.05, 3.63) is 29.3 Å². The third-order valence-electron chi connectivity index (χ3n) is 2.94. The molecule has 0 aliphatic rings. The Hall–Kier alpha value is -1.75. The molecule has 6 heteroatoms. The minimum atomic E-state index is -0.876. The summed E-state index contributed by atoms with van der Waals surface area (Å²) in [6.07, 6.45) is 1.34. The normalized spacial score (nSPS) is 10.2.